The summed E-state index contributed by atoms with van der Waals surface area (Å²) in [5.74, 6) is 0.879. The van der Waals surface area contributed by atoms with Crippen molar-refractivity contribution in [2.24, 2.45) is 5.73 Å². The first-order chi connectivity index (χ1) is 7.33. The highest BCUT2D eigenvalue weighted by Gasteiger charge is 2.07. The molecule has 2 N–H and O–H groups in total. The summed E-state index contributed by atoms with van der Waals surface area (Å²) < 4.78 is 2.96. The highest BCUT2D eigenvalue weighted by molar-refractivity contribution is 9.10. The van der Waals surface area contributed by atoms with Gasteiger partial charge in [0.1, 0.15) is 12.2 Å². The quantitative estimate of drug-likeness (QED) is 0.917. The Labute approximate surface area is 96.3 Å². The van der Waals surface area contributed by atoms with Crippen molar-refractivity contribution in [3.05, 3.63) is 40.9 Å². The van der Waals surface area contributed by atoms with Crippen LogP contribution in [0.5, 0.6) is 0 Å². The summed E-state index contributed by atoms with van der Waals surface area (Å²) in [4.78, 5) is 0. The zero-order chi connectivity index (χ0) is 10.7. The van der Waals surface area contributed by atoms with E-state index in [2.05, 4.69) is 26.1 Å². The molecular formula is C10H11BrN4. The molecule has 2 aromatic rings. The van der Waals surface area contributed by atoms with Crippen LogP contribution in [0.3, 0.4) is 0 Å². The number of nitrogens with two attached hydrogens (primary N) is 1. The number of nitrogens with zero attached hydrogens (tertiary/aromatic N) is 3. The van der Waals surface area contributed by atoms with E-state index in [9.17, 15) is 0 Å². The molecule has 0 bridgehead atoms. The molecule has 0 atom stereocenters. The van der Waals surface area contributed by atoms with Crippen LogP contribution in [0.25, 0.3) is 5.69 Å². The Kier molecular flexibility index (Phi) is 3.13. The second-order valence-corrected chi connectivity index (χ2v) is 3.96. The molecule has 0 spiro atoms. The van der Waals surface area contributed by atoms with Gasteiger partial charge in [-0.05, 0) is 34.6 Å². The molecule has 15 heavy (non-hydrogen) atoms. The third-order valence-electron chi connectivity index (χ3n) is 2.10. The second kappa shape index (κ2) is 4.55. The number of halogens is 1. The van der Waals surface area contributed by atoms with E-state index in [4.69, 9.17) is 5.73 Å². The normalized spacial score (nSPS) is 10.5. The first-order valence-corrected chi connectivity index (χ1v) is 5.46. The highest BCUT2D eigenvalue weighted by atomic mass is 79.9. The van der Waals surface area contributed by atoms with E-state index >= 15 is 0 Å². The number of rotatable bonds is 3. The van der Waals surface area contributed by atoms with E-state index in [1.165, 1.54) is 0 Å². The molecule has 0 aliphatic carbocycles. The average Bonchev–Trinajstić information content (AvgIpc) is 2.67. The Morgan fingerprint density at radius 1 is 1.33 bits per heavy atom. The van der Waals surface area contributed by atoms with Crippen molar-refractivity contribution < 1.29 is 0 Å². The lowest BCUT2D eigenvalue weighted by Gasteiger charge is -2.07. The average molecular weight is 267 g/mol. The fraction of sp³-hybridized carbons (Fsp3) is 0.200. The number of aromatic nitrogens is 3. The van der Waals surface area contributed by atoms with Gasteiger partial charge in [-0.15, -0.1) is 10.2 Å². The molecule has 1 aromatic heterocycles. The van der Waals surface area contributed by atoms with E-state index in [-0.39, 0.29) is 0 Å². The fourth-order valence-electron chi connectivity index (χ4n) is 1.41. The Balaban J connectivity index is 2.45. The standard InChI is InChI=1S/C10H11BrN4/c11-8-3-1-2-4-9(8)15-7-13-14-10(15)5-6-12/h1-4,7H,5-6,12H2. The summed E-state index contributed by atoms with van der Waals surface area (Å²) >= 11 is 3.50. The van der Waals surface area contributed by atoms with Crippen LogP contribution >= 0.6 is 15.9 Å². The number of hydrogen-bond acceptors (Lipinski definition) is 3. The van der Waals surface area contributed by atoms with Crippen molar-refractivity contribution in [1.82, 2.24) is 14.8 Å². The molecule has 5 heteroatoms. The number of para-hydroxylation sites is 1. The summed E-state index contributed by atoms with van der Waals surface area (Å²) in [6.07, 6.45) is 2.42. The van der Waals surface area contributed by atoms with E-state index < -0.39 is 0 Å². The largest absolute Gasteiger partial charge is 0.330 e. The molecule has 0 saturated heterocycles. The van der Waals surface area contributed by atoms with E-state index in [1.54, 1.807) is 6.33 Å². The predicted molar refractivity (Wildman–Crippen MR) is 61.8 cm³/mol. The zero-order valence-electron chi connectivity index (χ0n) is 8.10. The van der Waals surface area contributed by atoms with E-state index in [0.29, 0.717) is 6.54 Å². The molecular weight excluding hydrogens is 256 g/mol. The maximum atomic E-state index is 5.51. The van der Waals surface area contributed by atoms with Crippen LogP contribution in [0.1, 0.15) is 5.82 Å². The SMILES string of the molecule is NCCc1nncn1-c1ccccc1Br. The lowest BCUT2D eigenvalue weighted by Crippen LogP contribution is -2.08. The predicted octanol–water partition coefficient (Wildman–Crippen LogP) is 1.53. The second-order valence-electron chi connectivity index (χ2n) is 3.11. The minimum atomic E-state index is 0.573. The molecule has 0 aliphatic heterocycles. The van der Waals surface area contributed by atoms with Crippen LogP contribution in [0.15, 0.2) is 35.1 Å². The van der Waals surface area contributed by atoms with Gasteiger partial charge in [0.25, 0.3) is 0 Å². The minimum absolute atomic E-state index is 0.573. The molecule has 78 valence electrons. The topological polar surface area (TPSA) is 56.7 Å². The van der Waals surface area contributed by atoms with Gasteiger partial charge < -0.3 is 5.73 Å². The van der Waals surface area contributed by atoms with E-state index in [0.717, 1.165) is 22.4 Å². The van der Waals surface area contributed by atoms with Crippen LogP contribution in [-0.4, -0.2) is 21.3 Å². The van der Waals surface area contributed by atoms with Crippen molar-refractivity contribution in [3.63, 3.8) is 0 Å². The molecule has 4 nitrogen and oxygen atoms in total. The lowest BCUT2D eigenvalue weighted by molar-refractivity contribution is 0.829. The minimum Gasteiger partial charge on any atom is -0.330 e. The van der Waals surface area contributed by atoms with Gasteiger partial charge in [-0.25, -0.2) is 0 Å². The highest BCUT2D eigenvalue weighted by Crippen LogP contribution is 2.20. The number of hydrogen-bond donors (Lipinski definition) is 1. The van der Waals surface area contributed by atoms with Crippen LogP contribution < -0.4 is 5.73 Å². The monoisotopic (exact) mass is 266 g/mol. The first-order valence-electron chi connectivity index (χ1n) is 4.67. The van der Waals surface area contributed by atoms with Gasteiger partial charge in [-0.1, -0.05) is 12.1 Å². The number of benzene rings is 1. The Morgan fingerprint density at radius 2 is 2.13 bits per heavy atom. The molecule has 1 aromatic carbocycles. The maximum absolute atomic E-state index is 5.51. The molecule has 0 radical (unpaired) electrons. The summed E-state index contributed by atoms with van der Waals surface area (Å²) in [5.41, 5.74) is 6.55. The molecule has 0 saturated carbocycles. The summed E-state index contributed by atoms with van der Waals surface area (Å²) in [7, 11) is 0. The molecule has 0 amide bonds. The van der Waals surface area contributed by atoms with Crippen molar-refractivity contribution in [2.45, 2.75) is 6.42 Å². The van der Waals surface area contributed by atoms with Gasteiger partial charge in [0.15, 0.2) is 0 Å². The Hall–Kier alpha value is -1.20. The first kappa shape index (κ1) is 10.3. The van der Waals surface area contributed by atoms with Crippen molar-refractivity contribution >= 4 is 15.9 Å². The smallest absolute Gasteiger partial charge is 0.138 e. The summed E-state index contributed by atoms with van der Waals surface area (Å²) in [6.45, 7) is 0.573. The summed E-state index contributed by atoms with van der Waals surface area (Å²) in [6, 6.07) is 7.95. The van der Waals surface area contributed by atoms with E-state index in [1.807, 2.05) is 28.8 Å². The summed E-state index contributed by atoms with van der Waals surface area (Å²) in [5, 5.41) is 7.93. The van der Waals surface area contributed by atoms with Gasteiger partial charge in [0.05, 0.1) is 5.69 Å². The van der Waals surface area contributed by atoms with Gasteiger partial charge in [-0.2, -0.15) is 0 Å². The molecule has 1 heterocycles. The van der Waals surface area contributed by atoms with Crippen molar-refractivity contribution in [2.75, 3.05) is 6.54 Å². The fourth-order valence-corrected chi connectivity index (χ4v) is 1.88. The maximum Gasteiger partial charge on any atom is 0.138 e. The van der Waals surface area contributed by atoms with Gasteiger partial charge in [-0.3, -0.25) is 4.57 Å². The van der Waals surface area contributed by atoms with Crippen molar-refractivity contribution in [1.29, 1.82) is 0 Å². The molecule has 0 aliphatic rings. The van der Waals surface area contributed by atoms with Gasteiger partial charge in [0, 0.05) is 10.9 Å². The Morgan fingerprint density at radius 3 is 2.87 bits per heavy atom. The van der Waals surface area contributed by atoms with Crippen LogP contribution in [0.4, 0.5) is 0 Å². The molecule has 2 rings (SSSR count). The van der Waals surface area contributed by atoms with Gasteiger partial charge in [0.2, 0.25) is 0 Å². The van der Waals surface area contributed by atoms with Crippen molar-refractivity contribution in [3.8, 4) is 5.69 Å². The van der Waals surface area contributed by atoms with Crippen LogP contribution in [0.2, 0.25) is 0 Å². The lowest BCUT2D eigenvalue weighted by atomic mass is 10.3. The Bertz CT molecular complexity index is 452. The van der Waals surface area contributed by atoms with Gasteiger partial charge >= 0.3 is 0 Å². The molecule has 0 fully saturated rings. The third-order valence-corrected chi connectivity index (χ3v) is 2.77. The third kappa shape index (κ3) is 2.08. The van der Waals surface area contributed by atoms with Crippen LogP contribution in [-0.2, 0) is 6.42 Å². The zero-order valence-corrected chi connectivity index (χ0v) is 9.68. The molecule has 0 unspecified atom stereocenters. The van der Waals surface area contributed by atoms with Crippen LogP contribution in [0, 0.1) is 0 Å².